The van der Waals surface area contributed by atoms with E-state index in [1.54, 1.807) is 12.1 Å². The SMILES string of the molecule is Cc1sc2ncn(/N=C/c3cc(Br)ccc3F)c(=O)c2c1C. The van der Waals surface area contributed by atoms with Crippen molar-refractivity contribution < 1.29 is 4.39 Å². The largest absolute Gasteiger partial charge is 0.282 e. The van der Waals surface area contributed by atoms with E-state index in [4.69, 9.17) is 0 Å². The summed E-state index contributed by atoms with van der Waals surface area (Å²) in [6, 6.07) is 4.53. The molecule has 3 aromatic rings. The highest BCUT2D eigenvalue weighted by Crippen LogP contribution is 2.25. The molecule has 0 saturated carbocycles. The second-order valence-electron chi connectivity index (χ2n) is 4.77. The molecule has 1 aromatic carbocycles. The molecule has 0 N–H and O–H groups in total. The van der Waals surface area contributed by atoms with Crippen molar-refractivity contribution in [1.29, 1.82) is 0 Å². The summed E-state index contributed by atoms with van der Waals surface area (Å²) >= 11 is 4.75. The summed E-state index contributed by atoms with van der Waals surface area (Å²) in [5, 5.41) is 4.61. The molecule has 0 spiro atoms. The fraction of sp³-hybridized carbons (Fsp3) is 0.133. The smallest absolute Gasteiger partial charge is 0.267 e. The maximum Gasteiger partial charge on any atom is 0.282 e. The summed E-state index contributed by atoms with van der Waals surface area (Å²) in [6.45, 7) is 3.84. The Labute approximate surface area is 138 Å². The highest BCUT2D eigenvalue weighted by Gasteiger charge is 2.11. The maximum absolute atomic E-state index is 13.7. The van der Waals surface area contributed by atoms with Crippen molar-refractivity contribution in [2.75, 3.05) is 0 Å². The van der Waals surface area contributed by atoms with Crippen molar-refractivity contribution >= 4 is 43.7 Å². The number of rotatable bonds is 2. The van der Waals surface area contributed by atoms with Gasteiger partial charge in [0.2, 0.25) is 0 Å². The molecule has 0 amide bonds. The number of thiophene rings is 1. The van der Waals surface area contributed by atoms with Gasteiger partial charge < -0.3 is 0 Å². The fourth-order valence-electron chi connectivity index (χ4n) is 2.05. The van der Waals surface area contributed by atoms with Gasteiger partial charge in [-0.1, -0.05) is 15.9 Å². The van der Waals surface area contributed by atoms with Gasteiger partial charge in [-0.3, -0.25) is 4.79 Å². The van der Waals surface area contributed by atoms with Crippen molar-refractivity contribution in [3.05, 3.63) is 61.2 Å². The number of fused-ring (bicyclic) bond motifs is 1. The van der Waals surface area contributed by atoms with Crippen molar-refractivity contribution in [2.24, 2.45) is 5.10 Å². The third-order valence-corrected chi connectivity index (χ3v) is 4.96. The minimum Gasteiger partial charge on any atom is -0.267 e. The summed E-state index contributed by atoms with van der Waals surface area (Å²) < 4.78 is 15.5. The van der Waals surface area contributed by atoms with Gasteiger partial charge in [-0.15, -0.1) is 11.3 Å². The van der Waals surface area contributed by atoms with Gasteiger partial charge in [-0.2, -0.15) is 9.78 Å². The normalized spacial score (nSPS) is 11.6. The first-order chi connectivity index (χ1) is 10.5. The van der Waals surface area contributed by atoms with Crippen LogP contribution in [0.15, 0.2) is 38.9 Å². The molecule has 2 aromatic heterocycles. The molecule has 0 unspecified atom stereocenters. The molecule has 0 aliphatic carbocycles. The van der Waals surface area contributed by atoms with Gasteiger partial charge in [0.05, 0.1) is 11.6 Å². The lowest BCUT2D eigenvalue weighted by Crippen LogP contribution is -2.17. The number of aryl methyl sites for hydroxylation is 2. The first kappa shape index (κ1) is 15.1. The highest BCUT2D eigenvalue weighted by molar-refractivity contribution is 9.10. The molecule has 0 atom stereocenters. The molecule has 0 saturated heterocycles. The van der Waals surface area contributed by atoms with E-state index in [1.165, 1.54) is 29.9 Å². The first-order valence-corrected chi connectivity index (χ1v) is 8.05. The molecule has 3 rings (SSSR count). The lowest BCUT2D eigenvalue weighted by Gasteiger charge is -2.00. The zero-order valence-electron chi connectivity index (χ0n) is 11.8. The molecule has 0 bridgehead atoms. The molecule has 0 fully saturated rings. The maximum atomic E-state index is 13.7. The zero-order chi connectivity index (χ0) is 15.9. The second-order valence-corrected chi connectivity index (χ2v) is 6.89. The minimum atomic E-state index is -0.406. The quantitative estimate of drug-likeness (QED) is 0.634. The van der Waals surface area contributed by atoms with E-state index in [9.17, 15) is 9.18 Å². The van der Waals surface area contributed by atoms with Gasteiger partial charge in [-0.25, -0.2) is 9.37 Å². The number of halogens is 2. The predicted molar refractivity (Wildman–Crippen MR) is 90.4 cm³/mol. The number of aromatic nitrogens is 2. The van der Waals surface area contributed by atoms with Crippen molar-refractivity contribution in [3.63, 3.8) is 0 Å². The lowest BCUT2D eigenvalue weighted by molar-refractivity contribution is 0.625. The Morgan fingerprint density at radius 2 is 2.18 bits per heavy atom. The van der Waals surface area contributed by atoms with Gasteiger partial charge in [0.15, 0.2) is 0 Å². The van der Waals surface area contributed by atoms with E-state index < -0.39 is 5.82 Å². The van der Waals surface area contributed by atoms with Crippen LogP contribution in [0.4, 0.5) is 4.39 Å². The van der Waals surface area contributed by atoms with Crippen molar-refractivity contribution in [1.82, 2.24) is 9.66 Å². The molecular formula is C15H11BrFN3OS. The Kier molecular flexibility index (Phi) is 3.92. The van der Waals surface area contributed by atoms with Crippen LogP contribution in [0.25, 0.3) is 10.2 Å². The van der Waals surface area contributed by atoms with Gasteiger partial charge in [0, 0.05) is 14.9 Å². The monoisotopic (exact) mass is 379 g/mol. The first-order valence-electron chi connectivity index (χ1n) is 6.44. The van der Waals surface area contributed by atoms with E-state index in [-0.39, 0.29) is 5.56 Å². The topological polar surface area (TPSA) is 47.2 Å². The number of hydrogen-bond acceptors (Lipinski definition) is 4. The second kappa shape index (κ2) is 5.73. The van der Waals surface area contributed by atoms with Crippen LogP contribution in [0.2, 0.25) is 0 Å². The standard InChI is InChI=1S/C15H11BrFN3OS/c1-8-9(2)22-14-13(8)15(21)20(7-18-14)19-6-10-5-11(16)3-4-12(10)17/h3-7H,1-2H3/b19-6+. The summed E-state index contributed by atoms with van der Waals surface area (Å²) in [4.78, 5) is 18.4. The van der Waals surface area contributed by atoms with E-state index in [1.807, 2.05) is 13.8 Å². The molecule has 2 heterocycles. The van der Waals surface area contributed by atoms with E-state index in [0.29, 0.717) is 15.8 Å². The van der Waals surface area contributed by atoms with E-state index >= 15 is 0 Å². The number of nitrogens with zero attached hydrogens (tertiary/aromatic N) is 3. The van der Waals surface area contributed by atoms with Crippen LogP contribution in [0, 0.1) is 19.7 Å². The van der Waals surface area contributed by atoms with Crippen LogP contribution in [-0.4, -0.2) is 15.9 Å². The number of benzene rings is 1. The summed E-state index contributed by atoms with van der Waals surface area (Å²) in [6.07, 6.45) is 2.66. The summed E-state index contributed by atoms with van der Waals surface area (Å²) in [7, 11) is 0. The fourth-order valence-corrected chi connectivity index (χ4v) is 3.41. The van der Waals surface area contributed by atoms with Crippen molar-refractivity contribution in [3.8, 4) is 0 Å². The Morgan fingerprint density at radius 1 is 1.41 bits per heavy atom. The van der Waals surface area contributed by atoms with Crippen LogP contribution in [0.1, 0.15) is 16.0 Å². The average molecular weight is 380 g/mol. The molecule has 0 aliphatic rings. The molecule has 7 heteroatoms. The summed E-state index contributed by atoms with van der Waals surface area (Å²) in [5.74, 6) is -0.406. The third kappa shape index (κ3) is 2.62. The molecule has 22 heavy (non-hydrogen) atoms. The third-order valence-electron chi connectivity index (χ3n) is 3.35. The van der Waals surface area contributed by atoms with E-state index in [0.717, 1.165) is 19.6 Å². The molecular weight excluding hydrogens is 369 g/mol. The van der Waals surface area contributed by atoms with Gasteiger partial charge in [0.25, 0.3) is 5.56 Å². The Balaban J connectivity index is 2.09. The highest BCUT2D eigenvalue weighted by atomic mass is 79.9. The minimum absolute atomic E-state index is 0.251. The van der Waals surface area contributed by atoms with Crippen LogP contribution in [-0.2, 0) is 0 Å². The lowest BCUT2D eigenvalue weighted by atomic mass is 10.2. The van der Waals surface area contributed by atoms with Gasteiger partial charge >= 0.3 is 0 Å². The van der Waals surface area contributed by atoms with Crippen LogP contribution in [0.5, 0.6) is 0 Å². The van der Waals surface area contributed by atoms with E-state index in [2.05, 4.69) is 26.0 Å². The van der Waals surface area contributed by atoms with Gasteiger partial charge in [0.1, 0.15) is 17.0 Å². The summed E-state index contributed by atoms with van der Waals surface area (Å²) in [5.41, 5.74) is 0.953. The average Bonchev–Trinajstić information content (AvgIpc) is 2.77. The Bertz CT molecular complexity index is 961. The molecule has 4 nitrogen and oxygen atoms in total. The molecule has 112 valence electrons. The molecule has 0 aliphatic heterocycles. The van der Waals surface area contributed by atoms with Crippen LogP contribution in [0.3, 0.4) is 0 Å². The molecule has 0 radical (unpaired) electrons. The Morgan fingerprint density at radius 3 is 2.95 bits per heavy atom. The Hall–Kier alpha value is -1.86. The predicted octanol–water partition coefficient (Wildman–Crippen LogP) is 3.86. The zero-order valence-corrected chi connectivity index (χ0v) is 14.2. The van der Waals surface area contributed by atoms with Crippen LogP contribution >= 0.6 is 27.3 Å². The van der Waals surface area contributed by atoms with Crippen molar-refractivity contribution in [2.45, 2.75) is 13.8 Å². The number of hydrogen-bond donors (Lipinski definition) is 0. The van der Waals surface area contributed by atoms with Gasteiger partial charge in [-0.05, 0) is 37.6 Å². The van der Waals surface area contributed by atoms with Crippen LogP contribution < -0.4 is 5.56 Å².